The molecule has 2 fully saturated rings. The maximum absolute atomic E-state index is 12.9. The van der Waals surface area contributed by atoms with E-state index in [-0.39, 0.29) is 11.8 Å². The van der Waals surface area contributed by atoms with Crippen molar-refractivity contribution in [2.24, 2.45) is 5.92 Å². The Morgan fingerprint density at radius 2 is 1.84 bits per heavy atom. The van der Waals surface area contributed by atoms with E-state index in [1.54, 1.807) is 12.4 Å². The van der Waals surface area contributed by atoms with Gasteiger partial charge in [0.1, 0.15) is 5.82 Å². The number of amides is 1. The van der Waals surface area contributed by atoms with E-state index in [1.165, 1.54) is 0 Å². The second-order valence-electron chi connectivity index (χ2n) is 8.52. The molecule has 1 aliphatic carbocycles. The number of nitrogens with one attached hydrogen (secondary N) is 1. The molecule has 2 aliphatic rings. The SMILES string of the molecule is Cc1ncc(-c2ccc3cnc(NC(=O)[C@H]4CC[C@H](N5CCOCC5)CC4)cc3c2)o1. The van der Waals surface area contributed by atoms with Gasteiger partial charge in [0, 0.05) is 49.1 Å². The number of aryl methyl sites for hydroxylation is 1. The zero-order chi connectivity index (χ0) is 21.2. The third-order valence-electron chi connectivity index (χ3n) is 6.51. The largest absolute Gasteiger partial charge is 0.441 e. The zero-order valence-corrected chi connectivity index (χ0v) is 17.8. The van der Waals surface area contributed by atoms with Crippen molar-refractivity contribution < 1.29 is 13.9 Å². The summed E-state index contributed by atoms with van der Waals surface area (Å²) >= 11 is 0. The second-order valence-corrected chi connectivity index (χ2v) is 8.52. The summed E-state index contributed by atoms with van der Waals surface area (Å²) in [6, 6.07) is 8.56. The van der Waals surface area contributed by atoms with E-state index in [0.717, 1.165) is 74.1 Å². The number of carbonyl (C=O) groups excluding carboxylic acids is 1. The molecule has 0 unspecified atom stereocenters. The van der Waals surface area contributed by atoms with E-state index in [0.29, 0.717) is 17.8 Å². The third kappa shape index (κ3) is 4.48. The van der Waals surface area contributed by atoms with E-state index in [1.807, 2.05) is 31.2 Å². The van der Waals surface area contributed by atoms with Gasteiger partial charge in [0.2, 0.25) is 5.91 Å². The number of oxazole rings is 1. The van der Waals surface area contributed by atoms with Gasteiger partial charge < -0.3 is 14.5 Å². The minimum atomic E-state index is 0.0540. The molecule has 0 bridgehead atoms. The summed E-state index contributed by atoms with van der Waals surface area (Å²) in [5.41, 5.74) is 0.956. The number of rotatable bonds is 4. The Hall–Kier alpha value is -2.77. The number of anilines is 1. The molecule has 1 saturated heterocycles. The number of aromatic nitrogens is 2. The number of carbonyl (C=O) groups is 1. The predicted octanol–water partition coefficient (Wildman–Crippen LogP) is 4.03. The molecule has 2 aromatic heterocycles. The quantitative estimate of drug-likeness (QED) is 0.686. The Morgan fingerprint density at radius 3 is 2.58 bits per heavy atom. The van der Waals surface area contributed by atoms with Crippen molar-refractivity contribution in [3.8, 4) is 11.3 Å². The summed E-state index contributed by atoms with van der Waals surface area (Å²) in [6.45, 7) is 5.50. The molecule has 1 N–H and O–H groups in total. The number of nitrogens with zero attached hydrogens (tertiary/aromatic N) is 3. The molecule has 1 aromatic carbocycles. The lowest BCUT2D eigenvalue weighted by Crippen LogP contribution is -2.45. The maximum atomic E-state index is 12.9. The maximum Gasteiger partial charge on any atom is 0.228 e. The monoisotopic (exact) mass is 420 g/mol. The van der Waals surface area contributed by atoms with Crippen LogP contribution in [0.1, 0.15) is 31.6 Å². The molecule has 0 atom stereocenters. The first kappa shape index (κ1) is 20.2. The lowest BCUT2D eigenvalue weighted by atomic mass is 9.84. The fourth-order valence-electron chi connectivity index (χ4n) is 4.73. The smallest absolute Gasteiger partial charge is 0.228 e. The lowest BCUT2D eigenvalue weighted by Gasteiger charge is -2.38. The lowest BCUT2D eigenvalue weighted by molar-refractivity contribution is -0.121. The number of pyridine rings is 1. The molecule has 7 nitrogen and oxygen atoms in total. The van der Waals surface area contributed by atoms with Crippen LogP contribution in [0.4, 0.5) is 5.82 Å². The summed E-state index contributed by atoms with van der Waals surface area (Å²) in [5.74, 6) is 2.10. The number of morpholine rings is 1. The molecule has 1 amide bonds. The van der Waals surface area contributed by atoms with Gasteiger partial charge in [0.05, 0.1) is 19.4 Å². The highest BCUT2D eigenvalue weighted by Gasteiger charge is 2.30. The van der Waals surface area contributed by atoms with Crippen LogP contribution in [0, 0.1) is 12.8 Å². The van der Waals surface area contributed by atoms with Gasteiger partial charge in [-0.3, -0.25) is 9.69 Å². The average Bonchev–Trinajstić information content (AvgIpc) is 3.25. The molecule has 1 aliphatic heterocycles. The van der Waals surface area contributed by atoms with Crippen molar-refractivity contribution in [3.63, 3.8) is 0 Å². The van der Waals surface area contributed by atoms with Crippen LogP contribution in [0.15, 0.2) is 41.1 Å². The van der Waals surface area contributed by atoms with Crippen LogP contribution in [0.3, 0.4) is 0 Å². The van der Waals surface area contributed by atoms with E-state index >= 15 is 0 Å². The van der Waals surface area contributed by atoms with Crippen LogP contribution < -0.4 is 5.32 Å². The number of ether oxygens (including phenoxy) is 1. The van der Waals surface area contributed by atoms with Crippen molar-refractivity contribution in [2.45, 2.75) is 38.6 Å². The van der Waals surface area contributed by atoms with Gasteiger partial charge in [-0.05, 0) is 43.2 Å². The van der Waals surface area contributed by atoms with Crippen LogP contribution in [0.25, 0.3) is 22.1 Å². The minimum absolute atomic E-state index is 0.0540. The number of benzene rings is 1. The highest BCUT2D eigenvalue weighted by Crippen LogP contribution is 2.30. The first-order chi connectivity index (χ1) is 15.2. The Bertz CT molecular complexity index is 1070. The summed E-state index contributed by atoms with van der Waals surface area (Å²) in [5, 5.41) is 5.07. The Balaban J connectivity index is 1.24. The minimum Gasteiger partial charge on any atom is -0.441 e. The highest BCUT2D eigenvalue weighted by atomic mass is 16.5. The van der Waals surface area contributed by atoms with Crippen molar-refractivity contribution >= 4 is 22.5 Å². The first-order valence-corrected chi connectivity index (χ1v) is 11.1. The predicted molar refractivity (Wildman–Crippen MR) is 119 cm³/mol. The molecule has 7 heteroatoms. The number of fused-ring (bicyclic) bond motifs is 1. The summed E-state index contributed by atoms with van der Waals surface area (Å²) < 4.78 is 11.1. The zero-order valence-electron chi connectivity index (χ0n) is 17.8. The van der Waals surface area contributed by atoms with E-state index in [2.05, 4.69) is 20.2 Å². The average molecular weight is 421 g/mol. The van der Waals surface area contributed by atoms with Crippen LogP contribution >= 0.6 is 0 Å². The van der Waals surface area contributed by atoms with Gasteiger partial charge in [-0.1, -0.05) is 12.1 Å². The van der Waals surface area contributed by atoms with Crippen molar-refractivity contribution in [1.29, 1.82) is 0 Å². The Kier molecular flexibility index (Phi) is 5.70. The number of hydrogen-bond acceptors (Lipinski definition) is 6. The van der Waals surface area contributed by atoms with Gasteiger partial charge in [-0.2, -0.15) is 0 Å². The van der Waals surface area contributed by atoms with Gasteiger partial charge in [0.15, 0.2) is 11.7 Å². The summed E-state index contributed by atoms with van der Waals surface area (Å²) in [6.07, 6.45) is 7.53. The van der Waals surface area contributed by atoms with Crippen LogP contribution in [0.5, 0.6) is 0 Å². The van der Waals surface area contributed by atoms with Gasteiger partial charge in [0.25, 0.3) is 0 Å². The normalized spacial score (nSPS) is 22.5. The van der Waals surface area contributed by atoms with Crippen molar-refractivity contribution in [2.75, 3.05) is 31.6 Å². The van der Waals surface area contributed by atoms with Crippen molar-refractivity contribution in [3.05, 3.63) is 42.5 Å². The summed E-state index contributed by atoms with van der Waals surface area (Å²) in [4.78, 5) is 24.0. The van der Waals surface area contributed by atoms with Gasteiger partial charge in [-0.15, -0.1) is 0 Å². The fraction of sp³-hybridized carbons (Fsp3) is 0.458. The molecule has 0 spiro atoms. The Morgan fingerprint density at radius 1 is 1.03 bits per heavy atom. The van der Waals surface area contributed by atoms with Gasteiger partial charge >= 0.3 is 0 Å². The molecule has 1 saturated carbocycles. The van der Waals surface area contributed by atoms with Crippen LogP contribution in [-0.4, -0.2) is 53.1 Å². The van der Waals surface area contributed by atoms with E-state index in [4.69, 9.17) is 9.15 Å². The number of hydrogen-bond donors (Lipinski definition) is 1. The molecule has 162 valence electrons. The highest BCUT2D eigenvalue weighted by molar-refractivity contribution is 5.94. The summed E-state index contributed by atoms with van der Waals surface area (Å²) in [7, 11) is 0. The van der Waals surface area contributed by atoms with Gasteiger partial charge in [-0.25, -0.2) is 9.97 Å². The molecule has 3 heterocycles. The molecule has 3 aromatic rings. The van der Waals surface area contributed by atoms with Crippen molar-refractivity contribution in [1.82, 2.24) is 14.9 Å². The fourth-order valence-corrected chi connectivity index (χ4v) is 4.73. The van der Waals surface area contributed by atoms with Crippen LogP contribution in [-0.2, 0) is 9.53 Å². The second kappa shape index (κ2) is 8.77. The van der Waals surface area contributed by atoms with Crippen LogP contribution in [0.2, 0.25) is 0 Å². The van der Waals surface area contributed by atoms with E-state index < -0.39 is 0 Å². The standard InChI is InChI=1S/C24H28N4O3/c1-16-25-15-22(31-16)18-2-3-19-14-26-23(13-20(19)12-18)27-24(29)17-4-6-21(7-5-17)28-8-10-30-11-9-28/h2-3,12-15,17,21H,4-11H2,1H3,(H,26,27,29)/t17-,21-. The topological polar surface area (TPSA) is 80.5 Å². The molecule has 5 rings (SSSR count). The Labute approximate surface area is 181 Å². The third-order valence-corrected chi connectivity index (χ3v) is 6.51. The van der Waals surface area contributed by atoms with E-state index in [9.17, 15) is 4.79 Å². The molecular formula is C24H28N4O3. The molecular weight excluding hydrogens is 392 g/mol. The molecule has 31 heavy (non-hydrogen) atoms. The first-order valence-electron chi connectivity index (χ1n) is 11.1. The molecule has 0 radical (unpaired) electrons.